The fourth-order valence-corrected chi connectivity index (χ4v) is 5.31. The minimum atomic E-state index is -3.62. The molecule has 0 aliphatic carbocycles. The van der Waals surface area contributed by atoms with E-state index in [1.165, 1.54) is 12.1 Å². The average Bonchev–Trinajstić information content (AvgIpc) is 2.78. The van der Waals surface area contributed by atoms with E-state index in [9.17, 15) is 13.5 Å². The molecule has 1 aliphatic rings. The zero-order valence-corrected chi connectivity index (χ0v) is 19.8. The first-order valence-electron chi connectivity index (χ1n) is 11.1. The molecule has 1 aromatic heterocycles. The number of ether oxygens (including phenoxy) is 2. The van der Waals surface area contributed by atoms with Crippen molar-refractivity contribution in [2.24, 2.45) is 0 Å². The van der Waals surface area contributed by atoms with Crippen LogP contribution in [0.15, 0.2) is 65.1 Å². The first kappa shape index (κ1) is 23.4. The Morgan fingerprint density at radius 3 is 2.55 bits per heavy atom. The van der Waals surface area contributed by atoms with Gasteiger partial charge in [0.1, 0.15) is 12.4 Å². The minimum absolute atomic E-state index is 0.167. The molecule has 1 aliphatic heterocycles. The lowest BCUT2D eigenvalue weighted by molar-refractivity contribution is 0.118. The lowest BCUT2D eigenvalue weighted by Gasteiger charge is -2.16. The molecule has 2 aromatic carbocycles. The van der Waals surface area contributed by atoms with Gasteiger partial charge in [0.05, 0.1) is 35.5 Å². The second-order valence-corrected chi connectivity index (χ2v) is 10.5. The van der Waals surface area contributed by atoms with E-state index in [-0.39, 0.29) is 10.6 Å². The molecule has 174 valence electrons. The van der Waals surface area contributed by atoms with E-state index in [0.29, 0.717) is 25.6 Å². The Morgan fingerprint density at radius 2 is 1.82 bits per heavy atom. The summed E-state index contributed by atoms with van der Waals surface area (Å²) in [4.78, 5) is 4.75. The van der Waals surface area contributed by atoms with Crippen molar-refractivity contribution in [2.45, 2.75) is 44.3 Å². The largest absolute Gasteiger partial charge is 0.489 e. The normalized spacial score (nSPS) is 15.4. The Morgan fingerprint density at radius 1 is 1.09 bits per heavy atom. The van der Waals surface area contributed by atoms with Crippen molar-refractivity contribution < 1.29 is 23.0 Å². The van der Waals surface area contributed by atoms with Crippen molar-refractivity contribution in [3.05, 3.63) is 77.0 Å². The Balaban J connectivity index is 1.43. The summed E-state index contributed by atoms with van der Waals surface area (Å²) in [6, 6.07) is 14.5. The van der Waals surface area contributed by atoms with Crippen LogP contribution in [-0.4, -0.2) is 43.6 Å². The number of rotatable bonds is 7. The number of nitrogens with zero attached hydrogens (tertiary/aromatic N) is 1. The van der Waals surface area contributed by atoms with Gasteiger partial charge in [-0.3, -0.25) is 4.98 Å². The summed E-state index contributed by atoms with van der Waals surface area (Å²) in [5.74, 6) is 0.230. The number of sulfone groups is 1. The molecule has 0 radical (unpaired) electrons. The molecule has 33 heavy (non-hydrogen) atoms. The van der Waals surface area contributed by atoms with Crippen molar-refractivity contribution in [3.63, 3.8) is 0 Å². The van der Waals surface area contributed by atoms with Crippen molar-refractivity contribution in [3.8, 4) is 5.75 Å². The molecule has 7 heteroatoms. The number of aliphatic hydroxyl groups excluding tert-OH is 1. The van der Waals surface area contributed by atoms with Crippen LogP contribution >= 0.6 is 0 Å². The molecule has 6 nitrogen and oxygen atoms in total. The molecule has 0 saturated carbocycles. The zero-order valence-electron chi connectivity index (χ0n) is 19.0. The Labute approximate surface area is 194 Å². The fourth-order valence-electron chi connectivity index (χ4n) is 4.02. The van der Waals surface area contributed by atoms with Gasteiger partial charge in [-0.15, -0.1) is 0 Å². The summed E-state index contributed by atoms with van der Waals surface area (Å²) in [5.41, 5.74) is 5.07. The number of fused-ring (bicyclic) bond motifs is 1. The highest BCUT2D eigenvalue weighted by molar-refractivity contribution is 7.91. The van der Waals surface area contributed by atoms with Gasteiger partial charge in [0.15, 0.2) is 9.84 Å². The number of pyridine rings is 1. The third kappa shape index (κ3) is 5.99. The molecular formula is C26H29NO5S. The second kappa shape index (κ2) is 10.0. The highest BCUT2D eigenvalue weighted by Gasteiger charge is 2.20. The number of aryl methyl sites for hydroxylation is 2. The van der Waals surface area contributed by atoms with Crippen molar-refractivity contribution >= 4 is 20.7 Å². The van der Waals surface area contributed by atoms with Crippen LogP contribution in [-0.2, 0) is 21.2 Å². The Hall–Kier alpha value is -2.74. The van der Waals surface area contributed by atoms with E-state index in [0.717, 1.165) is 46.1 Å². The average molecular weight is 468 g/mol. The number of aliphatic hydroxyl groups is 1. The first-order valence-corrected chi connectivity index (χ1v) is 12.7. The van der Waals surface area contributed by atoms with Crippen LogP contribution in [0, 0.1) is 13.8 Å². The van der Waals surface area contributed by atoms with Gasteiger partial charge in [0.2, 0.25) is 0 Å². The number of hydrogen-bond acceptors (Lipinski definition) is 6. The highest BCUT2D eigenvalue weighted by atomic mass is 32.2. The van der Waals surface area contributed by atoms with Crippen molar-refractivity contribution in [1.82, 2.24) is 4.98 Å². The molecule has 3 aromatic rings. The van der Waals surface area contributed by atoms with E-state index in [1.807, 2.05) is 32.0 Å². The monoisotopic (exact) mass is 467 g/mol. The van der Waals surface area contributed by atoms with Crippen LogP contribution in [0.25, 0.3) is 10.9 Å². The zero-order chi connectivity index (χ0) is 23.4. The van der Waals surface area contributed by atoms with Crippen molar-refractivity contribution in [2.75, 3.05) is 19.0 Å². The SMILES string of the molecule is Cc1ccc2nc(C)cc(COc3ccc(S(=O)(=O)CC(O)C=C4CCOCC4)cc3)c2c1. The van der Waals surface area contributed by atoms with Gasteiger partial charge < -0.3 is 14.6 Å². The van der Waals surface area contributed by atoms with Crippen LogP contribution in [0.5, 0.6) is 5.75 Å². The third-order valence-corrected chi connectivity index (χ3v) is 7.48. The molecule has 2 heterocycles. The van der Waals surface area contributed by atoms with Gasteiger partial charge in [-0.25, -0.2) is 8.42 Å². The number of aromatic nitrogens is 1. The van der Waals surface area contributed by atoms with Gasteiger partial charge >= 0.3 is 0 Å². The maximum absolute atomic E-state index is 12.7. The minimum Gasteiger partial charge on any atom is -0.489 e. The van der Waals surface area contributed by atoms with E-state index in [4.69, 9.17) is 9.47 Å². The molecule has 0 spiro atoms. The molecule has 1 atom stereocenters. The maximum atomic E-state index is 12.7. The van der Waals surface area contributed by atoms with Crippen LogP contribution in [0.1, 0.15) is 29.7 Å². The van der Waals surface area contributed by atoms with Gasteiger partial charge in [0, 0.05) is 16.6 Å². The van der Waals surface area contributed by atoms with Crippen molar-refractivity contribution in [1.29, 1.82) is 0 Å². The smallest absolute Gasteiger partial charge is 0.181 e. The van der Waals surface area contributed by atoms with Gasteiger partial charge in [0.25, 0.3) is 0 Å². The predicted octanol–water partition coefficient (Wildman–Crippen LogP) is 4.30. The van der Waals surface area contributed by atoms with E-state index >= 15 is 0 Å². The quantitative estimate of drug-likeness (QED) is 0.522. The summed E-state index contributed by atoms with van der Waals surface area (Å²) in [5, 5.41) is 11.3. The summed E-state index contributed by atoms with van der Waals surface area (Å²) >= 11 is 0. The summed E-state index contributed by atoms with van der Waals surface area (Å²) in [7, 11) is -3.62. The van der Waals surface area contributed by atoms with E-state index in [2.05, 4.69) is 11.1 Å². The molecule has 0 amide bonds. The molecule has 0 bridgehead atoms. The summed E-state index contributed by atoms with van der Waals surface area (Å²) in [6.07, 6.45) is 2.08. The number of benzene rings is 2. The fraction of sp³-hybridized carbons (Fsp3) is 0.346. The lowest BCUT2D eigenvalue weighted by Crippen LogP contribution is -2.20. The first-order chi connectivity index (χ1) is 15.8. The second-order valence-electron chi connectivity index (χ2n) is 8.49. The highest BCUT2D eigenvalue weighted by Crippen LogP contribution is 2.24. The Kier molecular flexibility index (Phi) is 7.12. The van der Waals surface area contributed by atoms with Crippen LogP contribution in [0.4, 0.5) is 0 Å². The summed E-state index contributed by atoms with van der Waals surface area (Å²) in [6.45, 7) is 5.57. The standard InChI is InChI=1S/C26H29NO5S/c1-18-3-8-26-25(13-18)21(14-19(2)27-26)16-32-23-4-6-24(7-5-23)33(29,30)17-22(28)15-20-9-11-31-12-10-20/h3-8,13-15,22,28H,9-12,16-17H2,1-2H3. The topological polar surface area (TPSA) is 85.7 Å². The van der Waals surface area contributed by atoms with E-state index < -0.39 is 15.9 Å². The molecule has 4 rings (SSSR count). The molecule has 1 unspecified atom stereocenters. The maximum Gasteiger partial charge on any atom is 0.181 e. The van der Waals surface area contributed by atoms with Crippen LogP contribution < -0.4 is 4.74 Å². The Bertz CT molecular complexity index is 1260. The molecule has 1 fully saturated rings. The van der Waals surface area contributed by atoms with E-state index in [1.54, 1.807) is 18.2 Å². The third-order valence-electron chi connectivity index (χ3n) is 5.71. The van der Waals surface area contributed by atoms with Gasteiger partial charge in [-0.2, -0.15) is 0 Å². The molecular weight excluding hydrogens is 438 g/mol. The molecule has 1 saturated heterocycles. The number of hydrogen-bond donors (Lipinski definition) is 1. The molecule has 1 N–H and O–H groups in total. The predicted molar refractivity (Wildman–Crippen MR) is 128 cm³/mol. The van der Waals surface area contributed by atoms with Gasteiger partial charge in [-0.1, -0.05) is 23.3 Å². The van der Waals surface area contributed by atoms with Crippen LogP contribution in [0.2, 0.25) is 0 Å². The van der Waals surface area contributed by atoms with Crippen LogP contribution in [0.3, 0.4) is 0 Å². The lowest BCUT2D eigenvalue weighted by atomic mass is 10.1. The van der Waals surface area contributed by atoms with Gasteiger partial charge in [-0.05, 0) is 69.2 Å². The summed E-state index contributed by atoms with van der Waals surface area (Å²) < 4.78 is 36.7.